The molecule has 0 aromatic heterocycles. The second-order valence-electron chi connectivity index (χ2n) is 5.42. The molecule has 3 heteroatoms. The molecular weight excluding hydrogens is 238 g/mol. The molecule has 19 heavy (non-hydrogen) atoms. The van der Waals surface area contributed by atoms with Crippen LogP contribution < -0.4 is 10.1 Å². The average molecular weight is 263 g/mol. The van der Waals surface area contributed by atoms with Gasteiger partial charge in [-0.1, -0.05) is 18.9 Å². The van der Waals surface area contributed by atoms with Crippen LogP contribution in [0.3, 0.4) is 0 Å². The Hall–Kier alpha value is -1.06. The SMILES string of the molecule is CNC(c1ccc(OC)cc1C)C1(OC)CCCC1. The Balaban J connectivity index is 2.36. The predicted octanol–water partition coefficient (Wildman–Crippen LogP) is 3.22. The summed E-state index contributed by atoms with van der Waals surface area (Å²) in [6.07, 6.45) is 4.75. The van der Waals surface area contributed by atoms with Crippen molar-refractivity contribution < 1.29 is 9.47 Å². The van der Waals surface area contributed by atoms with Crippen LogP contribution in [-0.2, 0) is 4.74 Å². The first-order valence-corrected chi connectivity index (χ1v) is 7.04. The molecule has 3 nitrogen and oxygen atoms in total. The fourth-order valence-corrected chi connectivity index (χ4v) is 3.39. The third kappa shape index (κ3) is 2.63. The van der Waals surface area contributed by atoms with Crippen molar-refractivity contribution in [1.29, 1.82) is 0 Å². The molecule has 1 unspecified atom stereocenters. The summed E-state index contributed by atoms with van der Waals surface area (Å²) in [6, 6.07) is 6.53. The smallest absolute Gasteiger partial charge is 0.119 e. The van der Waals surface area contributed by atoms with Gasteiger partial charge in [0.25, 0.3) is 0 Å². The van der Waals surface area contributed by atoms with Crippen molar-refractivity contribution in [3.8, 4) is 5.75 Å². The Morgan fingerprint density at radius 2 is 1.89 bits per heavy atom. The lowest BCUT2D eigenvalue weighted by molar-refractivity contribution is -0.0350. The number of methoxy groups -OCH3 is 2. The first-order valence-electron chi connectivity index (χ1n) is 7.04. The fourth-order valence-electron chi connectivity index (χ4n) is 3.39. The molecule has 1 aromatic rings. The lowest BCUT2D eigenvalue weighted by Crippen LogP contribution is -2.42. The van der Waals surface area contributed by atoms with Crippen LogP contribution in [0.25, 0.3) is 0 Å². The summed E-state index contributed by atoms with van der Waals surface area (Å²) in [5.74, 6) is 0.911. The molecule has 106 valence electrons. The van der Waals surface area contributed by atoms with Crippen molar-refractivity contribution in [3.63, 3.8) is 0 Å². The summed E-state index contributed by atoms with van der Waals surface area (Å²) in [6.45, 7) is 2.14. The lowest BCUT2D eigenvalue weighted by Gasteiger charge is -2.37. The van der Waals surface area contributed by atoms with Crippen molar-refractivity contribution >= 4 is 0 Å². The van der Waals surface area contributed by atoms with E-state index in [9.17, 15) is 0 Å². The summed E-state index contributed by atoms with van der Waals surface area (Å²) in [5, 5.41) is 3.46. The van der Waals surface area contributed by atoms with Gasteiger partial charge in [-0.3, -0.25) is 0 Å². The molecule has 0 saturated heterocycles. The molecule has 0 radical (unpaired) electrons. The van der Waals surface area contributed by atoms with E-state index in [1.807, 2.05) is 20.2 Å². The minimum atomic E-state index is -0.0614. The van der Waals surface area contributed by atoms with E-state index in [-0.39, 0.29) is 11.6 Å². The summed E-state index contributed by atoms with van der Waals surface area (Å²) in [4.78, 5) is 0. The van der Waals surface area contributed by atoms with Crippen molar-refractivity contribution in [2.45, 2.75) is 44.2 Å². The van der Waals surface area contributed by atoms with Crippen molar-refractivity contribution in [2.75, 3.05) is 21.3 Å². The predicted molar refractivity (Wildman–Crippen MR) is 77.7 cm³/mol. The quantitative estimate of drug-likeness (QED) is 0.884. The molecule has 2 rings (SSSR count). The van der Waals surface area contributed by atoms with Crippen LogP contribution in [-0.4, -0.2) is 26.9 Å². The maximum atomic E-state index is 5.92. The Morgan fingerprint density at radius 3 is 2.37 bits per heavy atom. The van der Waals surface area contributed by atoms with Crippen LogP contribution in [0.5, 0.6) is 5.75 Å². The maximum absolute atomic E-state index is 5.92. The molecule has 1 aromatic carbocycles. The second-order valence-corrected chi connectivity index (χ2v) is 5.42. The van der Waals surface area contributed by atoms with Crippen LogP contribution in [0.1, 0.15) is 42.9 Å². The largest absolute Gasteiger partial charge is 0.497 e. The van der Waals surface area contributed by atoms with Crippen LogP contribution in [0, 0.1) is 6.92 Å². The number of nitrogens with one attached hydrogen (secondary N) is 1. The second kappa shape index (κ2) is 5.93. The maximum Gasteiger partial charge on any atom is 0.119 e. The van der Waals surface area contributed by atoms with E-state index in [0.29, 0.717) is 0 Å². The minimum Gasteiger partial charge on any atom is -0.497 e. The molecule has 0 spiro atoms. The highest BCUT2D eigenvalue weighted by atomic mass is 16.5. The van der Waals surface area contributed by atoms with Gasteiger partial charge in [-0.2, -0.15) is 0 Å². The van der Waals surface area contributed by atoms with Gasteiger partial charge in [0.15, 0.2) is 0 Å². The Bertz CT molecular complexity index is 425. The van der Waals surface area contributed by atoms with Gasteiger partial charge in [-0.25, -0.2) is 0 Å². The number of rotatable bonds is 5. The Morgan fingerprint density at radius 1 is 1.21 bits per heavy atom. The van der Waals surface area contributed by atoms with Crippen LogP contribution in [0.4, 0.5) is 0 Å². The molecule has 1 fully saturated rings. The number of hydrogen-bond acceptors (Lipinski definition) is 3. The van der Waals surface area contributed by atoms with Gasteiger partial charge in [0, 0.05) is 7.11 Å². The number of ether oxygens (including phenoxy) is 2. The van der Waals surface area contributed by atoms with Gasteiger partial charge >= 0.3 is 0 Å². The van der Waals surface area contributed by atoms with Crippen molar-refractivity contribution in [2.24, 2.45) is 0 Å². The zero-order chi connectivity index (χ0) is 13.9. The molecule has 0 amide bonds. The molecule has 0 heterocycles. The highest BCUT2D eigenvalue weighted by molar-refractivity contribution is 5.38. The van der Waals surface area contributed by atoms with Crippen molar-refractivity contribution in [1.82, 2.24) is 5.32 Å². The molecule has 0 bridgehead atoms. The molecule has 0 aliphatic heterocycles. The van der Waals surface area contributed by atoms with Gasteiger partial charge in [0.05, 0.1) is 18.8 Å². The first kappa shape index (κ1) is 14.4. The third-order valence-electron chi connectivity index (χ3n) is 4.46. The van der Waals surface area contributed by atoms with E-state index >= 15 is 0 Å². The highest BCUT2D eigenvalue weighted by Crippen LogP contribution is 2.43. The van der Waals surface area contributed by atoms with Crippen LogP contribution in [0.15, 0.2) is 18.2 Å². The molecule has 1 aliphatic rings. The van der Waals surface area contributed by atoms with E-state index in [2.05, 4.69) is 24.4 Å². The molecule has 1 N–H and O–H groups in total. The Labute approximate surface area is 116 Å². The monoisotopic (exact) mass is 263 g/mol. The van der Waals surface area contributed by atoms with Crippen LogP contribution >= 0.6 is 0 Å². The van der Waals surface area contributed by atoms with E-state index in [0.717, 1.165) is 18.6 Å². The molecule has 1 aliphatic carbocycles. The van der Waals surface area contributed by atoms with E-state index in [1.54, 1.807) is 7.11 Å². The zero-order valence-electron chi connectivity index (χ0n) is 12.5. The fraction of sp³-hybridized carbons (Fsp3) is 0.625. The number of benzene rings is 1. The average Bonchev–Trinajstić information content (AvgIpc) is 2.91. The number of hydrogen-bond donors (Lipinski definition) is 1. The van der Waals surface area contributed by atoms with Gasteiger partial charge < -0.3 is 14.8 Å². The van der Waals surface area contributed by atoms with Crippen LogP contribution in [0.2, 0.25) is 0 Å². The topological polar surface area (TPSA) is 30.5 Å². The minimum absolute atomic E-state index is 0.0614. The van der Waals surface area contributed by atoms with E-state index in [4.69, 9.17) is 9.47 Å². The van der Waals surface area contributed by atoms with Gasteiger partial charge in [-0.05, 0) is 50.1 Å². The van der Waals surface area contributed by atoms with Gasteiger partial charge in [0.2, 0.25) is 0 Å². The van der Waals surface area contributed by atoms with Gasteiger partial charge in [-0.15, -0.1) is 0 Å². The number of likely N-dealkylation sites (N-methyl/N-ethyl adjacent to an activating group) is 1. The lowest BCUT2D eigenvalue weighted by atomic mass is 9.85. The first-order chi connectivity index (χ1) is 9.16. The van der Waals surface area contributed by atoms with E-state index in [1.165, 1.54) is 24.0 Å². The Kier molecular flexibility index (Phi) is 4.48. The molecule has 1 atom stereocenters. The molecule has 1 saturated carbocycles. The highest BCUT2D eigenvalue weighted by Gasteiger charge is 2.42. The summed E-state index contributed by atoms with van der Waals surface area (Å²) in [5.41, 5.74) is 2.50. The standard InChI is InChI=1S/C16H25NO2/c1-12-11-13(18-3)7-8-14(12)15(17-2)16(19-4)9-5-6-10-16/h7-8,11,15,17H,5-6,9-10H2,1-4H3. The zero-order valence-corrected chi connectivity index (χ0v) is 12.5. The third-order valence-corrected chi connectivity index (χ3v) is 4.46. The summed E-state index contributed by atoms with van der Waals surface area (Å²) in [7, 11) is 5.57. The number of aryl methyl sites for hydroxylation is 1. The van der Waals surface area contributed by atoms with Crippen molar-refractivity contribution in [3.05, 3.63) is 29.3 Å². The summed E-state index contributed by atoms with van der Waals surface area (Å²) < 4.78 is 11.2. The summed E-state index contributed by atoms with van der Waals surface area (Å²) >= 11 is 0. The molecular formula is C16H25NO2. The van der Waals surface area contributed by atoms with E-state index < -0.39 is 0 Å². The normalized spacial score (nSPS) is 19.4. The van der Waals surface area contributed by atoms with Gasteiger partial charge in [0.1, 0.15) is 5.75 Å².